The summed E-state index contributed by atoms with van der Waals surface area (Å²) in [4.78, 5) is 36.6. The number of hydrogen-bond donors (Lipinski definition) is 0. The highest BCUT2D eigenvalue weighted by Gasteiger charge is 2.41. The normalized spacial score (nSPS) is 21.1. The average molecular weight is 440 g/mol. The Morgan fingerprint density at radius 3 is 2.41 bits per heavy atom. The van der Waals surface area contributed by atoms with Crippen LogP contribution in [0.4, 0.5) is 0 Å². The molecule has 0 aliphatic carbocycles. The topological polar surface area (TPSA) is 82.8 Å². The molecule has 0 bridgehead atoms. The molecule has 4 rings (SSSR count). The molecule has 8 nitrogen and oxygen atoms in total. The number of carbonyl (C=O) groups is 2. The number of carbonyl (C=O) groups excluding carboxylic acids is 2. The maximum atomic E-state index is 13.2. The second-order valence-electron chi connectivity index (χ2n) is 9.77. The molecule has 2 aliphatic heterocycles. The van der Waals surface area contributed by atoms with Crippen LogP contribution in [-0.2, 0) is 9.59 Å². The Kier molecular flexibility index (Phi) is 6.33. The zero-order chi connectivity index (χ0) is 22.9. The number of aromatic nitrogens is 2. The first-order valence-electron chi connectivity index (χ1n) is 11.5. The van der Waals surface area contributed by atoms with Gasteiger partial charge in [0.05, 0.1) is 6.04 Å². The van der Waals surface area contributed by atoms with E-state index in [9.17, 15) is 9.59 Å². The van der Waals surface area contributed by atoms with E-state index in [2.05, 4.69) is 22.0 Å². The minimum absolute atomic E-state index is 0.0253. The zero-order valence-electron chi connectivity index (χ0n) is 19.5. The quantitative estimate of drug-likeness (QED) is 0.728. The van der Waals surface area contributed by atoms with Crippen molar-refractivity contribution in [1.29, 1.82) is 0 Å². The van der Waals surface area contributed by atoms with Gasteiger partial charge in [0.2, 0.25) is 23.5 Å². The van der Waals surface area contributed by atoms with E-state index < -0.39 is 5.41 Å². The Morgan fingerprint density at radius 2 is 1.75 bits per heavy atom. The minimum Gasteiger partial charge on any atom is -0.338 e. The van der Waals surface area contributed by atoms with Crippen LogP contribution in [0.2, 0.25) is 0 Å². The third-order valence-corrected chi connectivity index (χ3v) is 6.45. The van der Waals surface area contributed by atoms with Crippen molar-refractivity contribution in [2.75, 3.05) is 32.7 Å². The first-order valence-corrected chi connectivity index (χ1v) is 11.5. The average Bonchev–Trinajstić information content (AvgIpc) is 3.48. The summed E-state index contributed by atoms with van der Waals surface area (Å²) in [5.74, 6) is 1.32. The fourth-order valence-corrected chi connectivity index (χ4v) is 4.50. The zero-order valence-corrected chi connectivity index (χ0v) is 19.5. The molecule has 172 valence electrons. The molecule has 2 aromatic rings. The maximum absolute atomic E-state index is 13.2. The van der Waals surface area contributed by atoms with Crippen LogP contribution in [0.25, 0.3) is 11.4 Å². The molecule has 1 aromatic carbocycles. The van der Waals surface area contributed by atoms with Crippen LogP contribution in [0.15, 0.2) is 34.9 Å². The summed E-state index contributed by atoms with van der Waals surface area (Å²) in [6, 6.07) is 9.42. The van der Waals surface area contributed by atoms with Gasteiger partial charge in [-0.15, -0.1) is 0 Å². The van der Waals surface area contributed by atoms with E-state index in [1.54, 1.807) is 4.90 Å². The van der Waals surface area contributed by atoms with Crippen molar-refractivity contribution < 1.29 is 14.1 Å². The Bertz CT molecular complexity index is 944. The molecule has 2 fully saturated rings. The van der Waals surface area contributed by atoms with Crippen LogP contribution in [0.1, 0.15) is 52.5 Å². The van der Waals surface area contributed by atoms with Gasteiger partial charge in [0, 0.05) is 43.7 Å². The lowest BCUT2D eigenvalue weighted by Gasteiger charge is -2.39. The van der Waals surface area contributed by atoms with Crippen LogP contribution in [0.5, 0.6) is 0 Å². The molecule has 1 aromatic heterocycles. The standard InChI is InChI=1S/C24H33N5O3/c1-17(21-25-20(26-32-21)18-9-6-5-7-10-18)27-13-15-28(16-14-27)22(30)19-11-8-12-29(19)23(31)24(2,3)4/h5-7,9-10,17,19H,8,11-16H2,1-4H3. The number of piperazine rings is 1. The second kappa shape index (κ2) is 9.02. The van der Waals surface area contributed by atoms with Crippen LogP contribution in [-0.4, -0.2) is 75.4 Å². The number of benzene rings is 1. The van der Waals surface area contributed by atoms with Gasteiger partial charge in [0.1, 0.15) is 6.04 Å². The van der Waals surface area contributed by atoms with Crippen molar-refractivity contribution in [2.45, 2.75) is 52.6 Å². The van der Waals surface area contributed by atoms with Crippen molar-refractivity contribution in [3.63, 3.8) is 0 Å². The van der Waals surface area contributed by atoms with Gasteiger partial charge in [-0.25, -0.2) is 0 Å². The number of rotatable bonds is 4. The fraction of sp³-hybridized carbons (Fsp3) is 0.583. The molecule has 0 spiro atoms. The summed E-state index contributed by atoms with van der Waals surface area (Å²) in [6.45, 7) is 11.2. The summed E-state index contributed by atoms with van der Waals surface area (Å²) in [5, 5.41) is 4.13. The first kappa shape index (κ1) is 22.5. The molecule has 2 saturated heterocycles. The van der Waals surface area contributed by atoms with Crippen LogP contribution in [0, 0.1) is 5.41 Å². The van der Waals surface area contributed by atoms with Gasteiger partial charge in [0.25, 0.3) is 0 Å². The van der Waals surface area contributed by atoms with E-state index in [0.29, 0.717) is 31.3 Å². The van der Waals surface area contributed by atoms with E-state index >= 15 is 0 Å². The lowest BCUT2D eigenvalue weighted by molar-refractivity contribution is -0.149. The summed E-state index contributed by atoms with van der Waals surface area (Å²) in [6.07, 6.45) is 1.64. The molecule has 2 atom stereocenters. The van der Waals surface area contributed by atoms with Crippen molar-refractivity contribution in [1.82, 2.24) is 24.8 Å². The second-order valence-corrected chi connectivity index (χ2v) is 9.77. The van der Waals surface area contributed by atoms with Crippen molar-refractivity contribution in [2.24, 2.45) is 5.41 Å². The number of nitrogens with zero attached hydrogens (tertiary/aromatic N) is 5. The smallest absolute Gasteiger partial charge is 0.245 e. The van der Waals surface area contributed by atoms with E-state index in [-0.39, 0.29) is 23.9 Å². The minimum atomic E-state index is -0.473. The summed E-state index contributed by atoms with van der Waals surface area (Å²) in [5.41, 5.74) is 0.454. The number of amides is 2. The van der Waals surface area contributed by atoms with Gasteiger partial charge in [-0.3, -0.25) is 14.5 Å². The van der Waals surface area contributed by atoms with Gasteiger partial charge in [-0.2, -0.15) is 4.98 Å². The Hall–Kier alpha value is -2.74. The highest BCUT2D eigenvalue weighted by molar-refractivity contribution is 5.90. The molecule has 0 N–H and O–H groups in total. The SMILES string of the molecule is CC(c1nc(-c2ccccc2)no1)N1CCN(C(=O)C2CCCN2C(=O)C(C)(C)C)CC1. The van der Waals surface area contributed by atoms with Crippen molar-refractivity contribution >= 4 is 11.8 Å². The van der Waals surface area contributed by atoms with Crippen LogP contribution in [0.3, 0.4) is 0 Å². The van der Waals surface area contributed by atoms with E-state index in [1.165, 1.54) is 0 Å². The van der Waals surface area contributed by atoms with E-state index in [0.717, 1.165) is 31.5 Å². The Balaban J connectivity index is 1.35. The van der Waals surface area contributed by atoms with Gasteiger partial charge in [-0.05, 0) is 19.8 Å². The van der Waals surface area contributed by atoms with Crippen LogP contribution >= 0.6 is 0 Å². The predicted molar refractivity (Wildman–Crippen MR) is 120 cm³/mol. The Labute approximate surface area is 189 Å². The maximum Gasteiger partial charge on any atom is 0.245 e. The van der Waals surface area contributed by atoms with Gasteiger partial charge < -0.3 is 14.3 Å². The van der Waals surface area contributed by atoms with Gasteiger partial charge in [-0.1, -0.05) is 56.3 Å². The molecular formula is C24H33N5O3. The van der Waals surface area contributed by atoms with Gasteiger partial charge in [0.15, 0.2) is 0 Å². The lowest BCUT2D eigenvalue weighted by Crippen LogP contribution is -2.55. The summed E-state index contributed by atoms with van der Waals surface area (Å²) in [7, 11) is 0. The molecule has 2 unspecified atom stereocenters. The number of hydrogen-bond acceptors (Lipinski definition) is 6. The molecule has 0 saturated carbocycles. The largest absolute Gasteiger partial charge is 0.338 e. The highest BCUT2D eigenvalue weighted by atomic mass is 16.5. The molecule has 0 radical (unpaired) electrons. The summed E-state index contributed by atoms with van der Waals surface area (Å²) < 4.78 is 5.53. The molecule has 3 heterocycles. The molecule has 8 heteroatoms. The molecule has 32 heavy (non-hydrogen) atoms. The van der Waals surface area contributed by atoms with Crippen molar-refractivity contribution in [3.05, 3.63) is 36.2 Å². The van der Waals surface area contributed by atoms with E-state index in [1.807, 2.05) is 56.0 Å². The summed E-state index contributed by atoms with van der Waals surface area (Å²) >= 11 is 0. The predicted octanol–water partition coefficient (Wildman–Crippen LogP) is 2.98. The fourth-order valence-electron chi connectivity index (χ4n) is 4.50. The third kappa shape index (κ3) is 4.55. The third-order valence-electron chi connectivity index (χ3n) is 6.45. The first-order chi connectivity index (χ1) is 15.3. The van der Waals surface area contributed by atoms with Crippen molar-refractivity contribution in [3.8, 4) is 11.4 Å². The monoisotopic (exact) mass is 439 g/mol. The highest BCUT2D eigenvalue weighted by Crippen LogP contribution is 2.28. The number of likely N-dealkylation sites (tertiary alicyclic amines) is 1. The molecular weight excluding hydrogens is 406 g/mol. The van der Waals surface area contributed by atoms with Gasteiger partial charge >= 0.3 is 0 Å². The Morgan fingerprint density at radius 1 is 1.06 bits per heavy atom. The van der Waals surface area contributed by atoms with E-state index in [4.69, 9.17) is 4.52 Å². The molecule has 2 aliphatic rings. The lowest BCUT2D eigenvalue weighted by atomic mass is 9.94. The molecule has 2 amide bonds. The van der Waals surface area contributed by atoms with Crippen LogP contribution < -0.4 is 0 Å².